The summed E-state index contributed by atoms with van der Waals surface area (Å²) in [4.78, 5) is 0. The third-order valence-corrected chi connectivity index (χ3v) is 11.6. The van der Waals surface area contributed by atoms with Crippen molar-refractivity contribution in [1.29, 1.82) is 0 Å². The van der Waals surface area contributed by atoms with Crippen molar-refractivity contribution in [1.82, 2.24) is 0 Å². The Labute approximate surface area is 317 Å². The lowest BCUT2D eigenvalue weighted by Crippen LogP contribution is -1.98. The van der Waals surface area contributed by atoms with Crippen molar-refractivity contribution in [3.63, 3.8) is 0 Å². The maximum Gasteiger partial charge on any atom is 0.143 e. The van der Waals surface area contributed by atoms with Gasteiger partial charge in [0, 0.05) is 47.6 Å². The summed E-state index contributed by atoms with van der Waals surface area (Å²) in [5, 5.41) is 7.13. The quantitative estimate of drug-likeness (QED) is 0.121. The number of para-hydroxylation sites is 1. The number of aryl methyl sites for hydroxylation is 1. The van der Waals surface area contributed by atoms with Gasteiger partial charge in [-0.1, -0.05) is 152 Å². The number of thiophene rings is 1. The molecule has 256 valence electrons. The molecule has 0 aliphatic carbocycles. The maximum atomic E-state index is 6.78. The summed E-state index contributed by atoms with van der Waals surface area (Å²) in [5.41, 5.74) is 10.2. The summed E-state index contributed by atoms with van der Waals surface area (Å²) in [5.74, 6) is 1.34. The molecule has 2 aromatic heterocycles. The average Bonchev–Trinajstić information content (AvgIpc) is 3.80. The fraction of sp³-hybridized carbons (Fsp3) is 0.0196. The van der Waals surface area contributed by atoms with Crippen LogP contribution in [0.3, 0.4) is 0 Å². The molecule has 8 aromatic carbocycles. The summed E-state index contributed by atoms with van der Waals surface area (Å²) in [6.45, 7) is 6.45. The van der Waals surface area contributed by atoms with E-state index in [9.17, 15) is 0 Å². The van der Waals surface area contributed by atoms with E-state index in [2.05, 4.69) is 147 Å². The van der Waals surface area contributed by atoms with Crippen LogP contribution in [0.1, 0.15) is 27.8 Å². The number of rotatable bonds is 7. The highest BCUT2D eigenvalue weighted by molar-refractivity contribution is 7.25. The minimum Gasteiger partial charge on any atom is -0.457 e. The average molecular weight is 711 g/mol. The first-order valence-electron chi connectivity index (χ1n) is 18.2. The molecule has 0 unspecified atom stereocenters. The van der Waals surface area contributed by atoms with E-state index in [1.165, 1.54) is 42.1 Å². The van der Waals surface area contributed by atoms with Crippen molar-refractivity contribution in [3.05, 3.63) is 204 Å². The molecule has 0 fully saturated rings. The van der Waals surface area contributed by atoms with E-state index in [4.69, 9.17) is 9.15 Å². The summed E-state index contributed by atoms with van der Waals surface area (Å²) in [7, 11) is 0. The zero-order chi connectivity index (χ0) is 36.2. The minimum atomic E-state index is 0.594. The molecule has 0 aliphatic rings. The van der Waals surface area contributed by atoms with E-state index in [1.807, 2.05) is 53.8 Å². The molecule has 54 heavy (non-hydrogen) atoms. The number of ether oxygens (including phenoxy) is 1. The molecule has 10 rings (SSSR count). The van der Waals surface area contributed by atoms with Gasteiger partial charge in [0.1, 0.15) is 22.7 Å². The lowest BCUT2D eigenvalue weighted by Gasteiger charge is -2.17. The van der Waals surface area contributed by atoms with E-state index < -0.39 is 0 Å². The minimum absolute atomic E-state index is 0.594. The van der Waals surface area contributed by atoms with Gasteiger partial charge in [-0.25, -0.2) is 0 Å². The molecule has 0 atom stereocenters. The normalized spacial score (nSPS) is 12.0. The molecule has 2 heterocycles. The molecule has 0 radical (unpaired) electrons. The number of hydrogen-bond donors (Lipinski definition) is 0. The molecule has 10 aromatic rings. The summed E-state index contributed by atoms with van der Waals surface area (Å²) in [6, 6.07) is 59.9. The number of hydrogen-bond acceptors (Lipinski definition) is 3. The van der Waals surface area contributed by atoms with Gasteiger partial charge in [-0.3, -0.25) is 0 Å². The first-order valence-corrected chi connectivity index (χ1v) is 19.0. The summed E-state index contributed by atoms with van der Waals surface area (Å²) in [6.07, 6.45) is 2.30. The van der Waals surface area contributed by atoms with Crippen LogP contribution in [-0.2, 0) is 0 Å². The highest BCUT2D eigenvalue weighted by Gasteiger charge is 2.22. The van der Waals surface area contributed by atoms with Gasteiger partial charge >= 0.3 is 0 Å². The second-order valence-corrected chi connectivity index (χ2v) is 14.8. The Balaban J connectivity index is 1.20. The van der Waals surface area contributed by atoms with Crippen molar-refractivity contribution in [2.45, 2.75) is 6.92 Å². The van der Waals surface area contributed by atoms with Gasteiger partial charge in [0.05, 0.1) is 0 Å². The smallest absolute Gasteiger partial charge is 0.143 e. The number of benzene rings is 8. The molecule has 0 saturated carbocycles. The van der Waals surface area contributed by atoms with Crippen LogP contribution in [0.25, 0.3) is 81.4 Å². The van der Waals surface area contributed by atoms with Crippen LogP contribution in [0, 0.1) is 6.92 Å². The van der Waals surface area contributed by atoms with Crippen molar-refractivity contribution in [2.75, 3.05) is 0 Å². The fourth-order valence-electron chi connectivity index (χ4n) is 7.78. The third kappa shape index (κ3) is 5.49. The second-order valence-electron chi connectivity index (χ2n) is 13.8. The Morgan fingerprint density at radius 3 is 2.17 bits per heavy atom. The Hall–Kier alpha value is -6.68. The SMILES string of the molecule is C=C(Oc1cc(/C(=C/c2ccc3c(c2)sc2ccccc23)c2ccc(-c3cccc4ccccc34)cc2)c2oc3ccccc3c2c1C)c1ccccc1. The maximum absolute atomic E-state index is 6.78. The number of furan rings is 1. The largest absolute Gasteiger partial charge is 0.457 e. The van der Waals surface area contributed by atoms with Crippen LogP contribution < -0.4 is 4.74 Å². The van der Waals surface area contributed by atoms with Crippen molar-refractivity contribution in [2.24, 2.45) is 0 Å². The Morgan fingerprint density at radius 2 is 1.31 bits per heavy atom. The van der Waals surface area contributed by atoms with E-state index in [-0.39, 0.29) is 0 Å². The van der Waals surface area contributed by atoms with E-state index in [0.717, 1.165) is 61.1 Å². The predicted octanol–water partition coefficient (Wildman–Crippen LogP) is 14.7. The molecular formula is C51H34O2S. The highest BCUT2D eigenvalue weighted by atomic mass is 32.1. The van der Waals surface area contributed by atoms with Crippen LogP contribution in [0.5, 0.6) is 5.75 Å². The van der Waals surface area contributed by atoms with Crippen LogP contribution in [0.4, 0.5) is 0 Å². The molecule has 0 amide bonds. The van der Waals surface area contributed by atoms with E-state index >= 15 is 0 Å². The van der Waals surface area contributed by atoms with Gasteiger partial charge in [0.2, 0.25) is 0 Å². The molecule has 0 saturated heterocycles. The Kier molecular flexibility index (Phi) is 7.75. The highest BCUT2D eigenvalue weighted by Crippen LogP contribution is 2.44. The zero-order valence-electron chi connectivity index (χ0n) is 29.7. The first-order chi connectivity index (χ1) is 26.6. The first kappa shape index (κ1) is 32.0. The fourth-order valence-corrected chi connectivity index (χ4v) is 8.93. The van der Waals surface area contributed by atoms with E-state index in [1.54, 1.807) is 0 Å². The Morgan fingerprint density at radius 1 is 0.611 bits per heavy atom. The van der Waals surface area contributed by atoms with Crippen molar-refractivity contribution < 1.29 is 9.15 Å². The van der Waals surface area contributed by atoms with Gasteiger partial charge in [-0.2, -0.15) is 0 Å². The molecule has 0 bridgehead atoms. The lowest BCUT2D eigenvalue weighted by atomic mass is 9.90. The summed E-state index contributed by atoms with van der Waals surface area (Å²) >= 11 is 1.83. The lowest BCUT2D eigenvalue weighted by molar-refractivity contribution is 0.513. The molecule has 0 spiro atoms. The molecule has 0 aliphatic heterocycles. The van der Waals surface area contributed by atoms with Gasteiger partial charge in [-0.05, 0) is 75.9 Å². The zero-order valence-corrected chi connectivity index (χ0v) is 30.5. The van der Waals surface area contributed by atoms with Crippen molar-refractivity contribution in [3.8, 4) is 16.9 Å². The molecule has 2 nitrogen and oxygen atoms in total. The van der Waals surface area contributed by atoms with Crippen LogP contribution in [-0.4, -0.2) is 0 Å². The van der Waals surface area contributed by atoms with Gasteiger partial charge in [0.25, 0.3) is 0 Å². The molecular weight excluding hydrogens is 677 g/mol. The monoisotopic (exact) mass is 710 g/mol. The van der Waals surface area contributed by atoms with Gasteiger partial charge < -0.3 is 9.15 Å². The van der Waals surface area contributed by atoms with Crippen LogP contribution in [0.15, 0.2) is 181 Å². The second kappa shape index (κ2) is 13.1. The standard InChI is InChI=1S/C51H34O2S/c1-32-47(52-33(2)35-13-4-3-5-14-35)31-45(51-50(32)43-19-8-10-21-46(43)53-51)44(29-34-23-28-42-41-18-9-11-22-48(41)54-49(42)30-34)38-26-24-37(25-27-38)40-20-12-16-36-15-6-7-17-39(36)40/h3-31H,2H2,1H3/b44-29+. The van der Waals surface area contributed by atoms with Crippen LogP contribution in [0.2, 0.25) is 0 Å². The van der Waals surface area contributed by atoms with Crippen LogP contribution >= 0.6 is 11.3 Å². The summed E-state index contributed by atoms with van der Waals surface area (Å²) < 4.78 is 16.0. The Bertz CT molecular complexity index is 3080. The van der Waals surface area contributed by atoms with Gasteiger partial charge in [-0.15, -0.1) is 11.3 Å². The molecule has 3 heteroatoms. The molecule has 0 N–H and O–H groups in total. The van der Waals surface area contributed by atoms with E-state index in [0.29, 0.717) is 5.76 Å². The predicted molar refractivity (Wildman–Crippen MR) is 230 cm³/mol. The third-order valence-electron chi connectivity index (χ3n) is 10.5. The number of fused-ring (bicyclic) bond motifs is 7. The van der Waals surface area contributed by atoms with Crippen molar-refractivity contribution >= 4 is 81.6 Å². The van der Waals surface area contributed by atoms with Gasteiger partial charge in [0.15, 0.2) is 0 Å². The topological polar surface area (TPSA) is 22.4 Å².